The van der Waals surface area contributed by atoms with Crippen LogP contribution in [0.3, 0.4) is 0 Å². The van der Waals surface area contributed by atoms with E-state index in [9.17, 15) is 75.7 Å². The van der Waals surface area contributed by atoms with Crippen LogP contribution >= 0.6 is 0 Å². The number of allylic oxidation sites excluding steroid dienone is 1. The van der Waals surface area contributed by atoms with Crippen LogP contribution in [0.25, 0.3) is 0 Å². The Bertz CT molecular complexity index is 1530. The Morgan fingerprint density at radius 3 is 1.81 bits per heavy atom. The summed E-state index contributed by atoms with van der Waals surface area (Å²) in [5.41, 5.74) is 0. The molecule has 14 N–H and O–H groups in total. The number of unbranched alkanes of at least 4 members (excludes halogenated alkanes) is 14. The van der Waals surface area contributed by atoms with Crippen molar-refractivity contribution in [1.29, 1.82) is 0 Å². The van der Waals surface area contributed by atoms with E-state index in [2.05, 4.69) is 17.6 Å². The zero-order valence-corrected chi connectivity index (χ0v) is 40.9. The summed E-state index contributed by atoms with van der Waals surface area (Å²) in [7, 11) is 0. The van der Waals surface area contributed by atoms with Gasteiger partial charge in [-0.2, -0.15) is 0 Å². The predicted octanol–water partition coefficient (Wildman–Crippen LogP) is -1.52. The molecule has 3 unspecified atom stereocenters. The number of carboxylic acids is 1. The Labute approximate surface area is 410 Å². The Hall–Kier alpha value is -2.53. The molecule has 3 rings (SSSR count). The molecule has 0 aromatic rings. The molecule has 0 spiro atoms. The summed E-state index contributed by atoms with van der Waals surface area (Å²) < 4.78 is 34.1. The summed E-state index contributed by atoms with van der Waals surface area (Å²) in [4.78, 5) is 37.8. The number of hydrogen-bond acceptors (Lipinski definition) is 20. The Kier molecular flexibility index (Phi) is 28.2. The second kappa shape index (κ2) is 31.9. The van der Waals surface area contributed by atoms with E-state index < -0.39 is 155 Å². The van der Waals surface area contributed by atoms with E-state index in [1.54, 1.807) is 13.0 Å². The molecule has 0 aliphatic carbocycles. The summed E-state index contributed by atoms with van der Waals surface area (Å²) in [5, 5.41) is 133. The first-order valence-electron chi connectivity index (χ1n) is 25.0. The summed E-state index contributed by atoms with van der Waals surface area (Å²) in [5.74, 6) is -6.16. The van der Waals surface area contributed by atoms with Crippen LogP contribution in [0, 0.1) is 0 Å². The van der Waals surface area contributed by atoms with Crippen molar-refractivity contribution in [3.63, 3.8) is 0 Å². The molecule has 18 atom stereocenters. The van der Waals surface area contributed by atoms with Crippen LogP contribution in [0.4, 0.5) is 0 Å². The van der Waals surface area contributed by atoms with Crippen LogP contribution in [0.15, 0.2) is 12.2 Å². The quantitative estimate of drug-likeness (QED) is 0.0262. The molecule has 0 aromatic heterocycles. The Morgan fingerprint density at radius 2 is 1.30 bits per heavy atom. The number of nitrogens with one attached hydrogen (secondary N) is 2. The second-order valence-electron chi connectivity index (χ2n) is 18.7. The lowest BCUT2D eigenvalue weighted by atomic mass is 9.88. The van der Waals surface area contributed by atoms with Gasteiger partial charge in [0, 0.05) is 19.8 Å². The average molecular weight is 1010 g/mol. The lowest BCUT2D eigenvalue weighted by molar-refractivity contribution is -0.386. The van der Waals surface area contributed by atoms with Crippen LogP contribution in [-0.4, -0.2) is 215 Å². The fraction of sp³-hybridized carbons (Fsp3) is 0.894. The molecule has 3 aliphatic heterocycles. The molecule has 3 aliphatic rings. The summed E-state index contributed by atoms with van der Waals surface area (Å²) in [6, 6.07) is -2.61. The fourth-order valence-electron chi connectivity index (χ4n) is 8.98. The monoisotopic (exact) mass is 1010 g/mol. The van der Waals surface area contributed by atoms with Crippen LogP contribution in [0.2, 0.25) is 0 Å². The number of rotatable bonds is 33. The van der Waals surface area contributed by atoms with Gasteiger partial charge in [-0.3, -0.25) is 9.59 Å². The molecule has 23 nitrogen and oxygen atoms in total. The smallest absolute Gasteiger partial charge is 0.364 e. The van der Waals surface area contributed by atoms with Crippen molar-refractivity contribution in [1.82, 2.24) is 10.6 Å². The Balaban J connectivity index is 1.61. The van der Waals surface area contributed by atoms with Crippen LogP contribution < -0.4 is 10.6 Å². The Morgan fingerprint density at radius 1 is 0.743 bits per heavy atom. The van der Waals surface area contributed by atoms with Crippen molar-refractivity contribution in [2.75, 3.05) is 26.4 Å². The highest BCUT2D eigenvalue weighted by Gasteiger charge is 2.60. The van der Waals surface area contributed by atoms with E-state index >= 15 is 0 Å². The van der Waals surface area contributed by atoms with Crippen molar-refractivity contribution in [3.05, 3.63) is 12.2 Å². The molecule has 0 saturated carbocycles. The topological polar surface area (TPSA) is 373 Å². The third kappa shape index (κ3) is 18.4. The molecular formula is C47H84N2O21. The summed E-state index contributed by atoms with van der Waals surface area (Å²) >= 11 is 0. The highest BCUT2D eigenvalue weighted by molar-refractivity contribution is 5.77. The molecular weight excluding hydrogens is 929 g/mol. The van der Waals surface area contributed by atoms with Gasteiger partial charge in [0.05, 0.1) is 50.7 Å². The SMILES string of the molecule is C/C=C/C(O)C(CO[C@@H]1O[C@H](CO)[C@@H](O[C@@H]2O[C@H](CO)[C@H](O)[C@H](O[C@]3(C(=O)O)C[C@H](O)[C@@H](NC(C)=O)C([C@H](O)[C@H](O)CO)O3)[C@H]2O)[C@H](O)[C@H]1O)NC(=O)CCCCCCCCCCCCCCCCC. The van der Waals surface area contributed by atoms with Gasteiger partial charge in [0.2, 0.25) is 11.8 Å². The van der Waals surface area contributed by atoms with E-state index in [1.165, 1.54) is 70.3 Å². The third-order valence-electron chi connectivity index (χ3n) is 13.0. The first kappa shape index (κ1) is 61.8. The maximum atomic E-state index is 13.0. The molecule has 3 fully saturated rings. The summed E-state index contributed by atoms with van der Waals surface area (Å²) in [6.07, 6.45) is -8.64. The molecule has 408 valence electrons. The normalized spacial score (nSPS) is 33.4. The highest BCUT2D eigenvalue weighted by Crippen LogP contribution is 2.38. The second-order valence-corrected chi connectivity index (χ2v) is 18.7. The minimum Gasteiger partial charge on any atom is -0.477 e. The van der Waals surface area contributed by atoms with Gasteiger partial charge in [0.1, 0.15) is 67.1 Å². The first-order valence-corrected chi connectivity index (χ1v) is 25.0. The number of amides is 2. The van der Waals surface area contributed by atoms with Gasteiger partial charge in [-0.05, 0) is 13.3 Å². The zero-order valence-electron chi connectivity index (χ0n) is 40.9. The van der Waals surface area contributed by atoms with Gasteiger partial charge in [0.25, 0.3) is 5.79 Å². The van der Waals surface area contributed by atoms with Gasteiger partial charge < -0.3 is 100 Å². The van der Waals surface area contributed by atoms with Crippen LogP contribution in [0.5, 0.6) is 0 Å². The maximum absolute atomic E-state index is 13.0. The van der Waals surface area contributed by atoms with Crippen LogP contribution in [-0.2, 0) is 42.8 Å². The number of aliphatic hydroxyl groups excluding tert-OH is 11. The average Bonchev–Trinajstić information content (AvgIpc) is 3.33. The number of carbonyl (C=O) groups is 3. The largest absolute Gasteiger partial charge is 0.477 e. The van der Waals surface area contributed by atoms with E-state index in [1.807, 2.05) is 0 Å². The van der Waals surface area contributed by atoms with Crippen molar-refractivity contribution in [2.24, 2.45) is 0 Å². The minimum atomic E-state index is -3.07. The van der Waals surface area contributed by atoms with E-state index in [0.717, 1.165) is 32.6 Å². The van der Waals surface area contributed by atoms with Gasteiger partial charge in [-0.25, -0.2) is 4.79 Å². The van der Waals surface area contributed by atoms with E-state index in [-0.39, 0.29) is 12.3 Å². The number of carboxylic acid groups (broad SMARTS) is 1. The highest BCUT2D eigenvalue weighted by atomic mass is 16.8. The molecule has 0 bridgehead atoms. The maximum Gasteiger partial charge on any atom is 0.364 e. The number of aliphatic hydroxyl groups is 11. The van der Waals surface area contributed by atoms with Gasteiger partial charge in [-0.15, -0.1) is 0 Å². The van der Waals surface area contributed by atoms with Crippen molar-refractivity contribution >= 4 is 17.8 Å². The molecule has 3 saturated heterocycles. The molecule has 0 aromatic carbocycles. The number of aliphatic carboxylic acids is 1. The van der Waals surface area contributed by atoms with Gasteiger partial charge >= 0.3 is 5.97 Å². The van der Waals surface area contributed by atoms with Crippen LogP contribution in [0.1, 0.15) is 130 Å². The number of carbonyl (C=O) groups excluding carboxylic acids is 2. The summed E-state index contributed by atoms with van der Waals surface area (Å²) in [6.45, 7) is 1.52. The van der Waals surface area contributed by atoms with Crippen molar-refractivity contribution < 1.29 is 104 Å². The fourth-order valence-corrected chi connectivity index (χ4v) is 8.98. The lowest BCUT2D eigenvalue weighted by Gasteiger charge is -2.50. The number of ether oxygens (including phenoxy) is 6. The zero-order chi connectivity index (χ0) is 52.0. The number of hydrogen-bond donors (Lipinski definition) is 14. The van der Waals surface area contributed by atoms with Gasteiger partial charge in [-0.1, -0.05) is 109 Å². The first-order chi connectivity index (χ1) is 33.4. The third-order valence-corrected chi connectivity index (χ3v) is 13.0. The molecule has 2 amide bonds. The standard InChI is InChI=1S/C47H84N2O21/c1-4-6-7-8-9-10-11-12-13-14-15-16-17-18-19-21-34(57)49-28(29(54)20-5-2)26-65-44-39(61)38(60)41(33(25-52)67-44)68-45-40(62)43(37(59)32(24-51)66-45)70-47(46(63)64)22-30(55)35(48-27(3)53)42(69-47)36(58)31(56)23-50/h5,20,28-33,35-45,50-52,54-56,58-62H,4,6-19,21-26H2,1-3H3,(H,48,53)(H,49,57)(H,63,64)/b20-5+/t28?,29?,30-,31+,32+,33+,35+,36+,37-,38+,39+,40+,41+,42?,43-,44+,45-,47-/m0/s1. The van der Waals surface area contributed by atoms with Crippen molar-refractivity contribution in [2.45, 2.75) is 240 Å². The molecule has 23 heteroatoms. The lowest BCUT2D eigenvalue weighted by Crippen LogP contribution is -2.70. The van der Waals surface area contributed by atoms with E-state index in [0.29, 0.717) is 6.42 Å². The molecule has 70 heavy (non-hydrogen) atoms. The minimum absolute atomic E-state index is 0.198. The molecule has 3 heterocycles. The van der Waals surface area contributed by atoms with Crippen molar-refractivity contribution in [3.8, 4) is 0 Å². The molecule has 0 radical (unpaired) electrons. The predicted molar refractivity (Wildman–Crippen MR) is 246 cm³/mol. The van der Waals surface area contributed by atoms with Gasteiger partial charge in [0.15, 0.2) is 12.6 Å². The van der Waals surface area contributed by atoms with E-state index in [4.69, 9.17) is 28.4 Å².